The van der Waals surface area contributed by atoms with Gasteiger partial charge in [0.25, 0.3) is 0 Å². The smallest absolute Gasteiger partial charge is 0.418 e. The lowest BCUT2D eigenvalue weighted by Gasteiger charge is -2.26. The molecule has 35 heavy (non-hydrogen) atoms. The molecule has 0 unspecified atom stereocenters. The maximum Gasteiger partial charge on any atom is 0.418 e. The summed E-state index contributed by atoms with van der Waals surface area (Å²) in [6.45, 7) is 4.05. The Morgan fingerprint density at radius 3 is 2.69 bits per heavy atom. The Morgan fingerprint density at radius 1 is 1.17 bits per heavy atom. The van der Waals surface area contributed by atoms with Crippen molar-refractivity contribution in [3.05, 3.63) is 47.8 Å². The molecule has 2 amide bonds. The minimum absolute atomic E-state index is 0.126. The van der Waals surface area contributed by atoms with Gasteiger partial charge in [-0.25, -0.2) is 18.6 Å². The molecule has 1 fully saturated rings. The molecule has 1 aliphatic heterocycles. The topological polar surface area (TPSA) is 91.5 Å². The number of halogens is 5. The van der Waals surface area contributed by atoms with Gasteiger partial charge in [0.1, 0.15) is 11.4 Å². The maximum atomic E-state index is 14.6. The van der Waals surface area contributed by atoms with Gasteiger partial charge >= 0.3 is 12.2 Å². The van der Waals surface area contributed by atoms with Crippen LogP contribution in [0.2, 0.25) is 0 Å². The summed E-state index contributed by atoms with van der Waals surface area (Å²) in [5.41, 5.74) is -1.63. The van der Waals surface area contributed by atoms with Crippen molar-refractivity contribution in [2.75, 3.05) is 44.7 Å². The lowest BCUT2D eigenvalue weighted by atomic mass is 10.2. The number of urea groups is 1. The number of fused-ring (bicyclic) bond motifs is 1. The number of benzene rings is 1. The number of carbonyl (C=O) groups is 1. The first-order valence-corrected chi connectivity index (χ1v) is 10.8. The van der Waals surface area contributed by atoms with Crippen molar-refractivity contribution in [2.45, 2.75) is 12.6 Å². The van der Waals surface area contributed by atoms with Crippen LogP contribution in [0.5, 0.6) is 11.5 Å². The number of nitrogens with zero attached hydrogens (tertiary/aromatic N) is 2. The van der Waals surface area contributed by atoms with Crippen molar-refractivity contribution in [1.29, 1.82) is 0 Å². The van der Waals surface area contributed by atoms with Gasteiger partial charge in [0, 0.05) is 44.2 Å². The number of hydrogen-bond acceptors (Lipinski definition) is 5. The van der Waals surface area contributed by atoms with Crippen molar-refractivity contribution < 1.29 is 36.2 Å². The quantitative estimate of drug-likeness (QED) is 0.329. The van der Waals surface area contributed by atoms with Crippen molar-refractivity contribution in [3.63, 3.8) is 0 Å². The van der Waals surface area contributed by atoms with Crippen LogP contribution in [0.3, 0.4) is 0 Å². The van der Waals surface area contributed by atoms with Gasteiger partial charge in [-0.1, -0.05) is 0 Å². The molecule has 1 aliphatic rings. The standard InChI is InChI=1S/C22H22F5N5O3/c23-14-11-18(35-17-2-4-28-20-19(17)13(12-30-20)22(25,26)27)15(24)10-16(14)31-21(33)29-3-1-5-32-6-8-34-9-7-32/h2,4,10-12H,1,3,5-9H2,(H,28,30)(H2,29,31,33). The SMILES string of the molecule is O=C(NCCCN1CCOCC1)Nc1cc(F)c(Oc2ccnc3[nH]cc(C(F)(F)F)c23)cc1F. The van der Waals surface area contributed by atoms with Crippen LogP contribution in [-0.2, 0) is 10.9 Å². The molecule has 3 heterocycles. The van der Waals surface area contributed by atoms with Crippen LogP contribution in [0, 0.1) is 11.6 Å². The number of pyridine rings is 1. The van der Waals surface area contributed by atoms with Crippen LogP contribution in [0.25, 0.3) is 11.0 Å². The van der Waals surface area contributed by atoms with Crippen LogP contribution in [-0.4, -0.2) is 60.3 Å². The number of H-pyrrole nitrogens is 1. The van der Waals surface area contributed by atoms with Gasteiger partial charge in [-0.15, -0.1) is 0 Å². The van der Waals surface area contributed by atoms with Gasteiger partial charge in [0.15, 0.2) is 17.4 Å². The summed E-state index contributed by atoms with van der Waals surface area (Å²) in [6.07, 6.45) is -2.17. The lowest BCUT2D eigenvalue weighted by Crippen LogP contribution is -2.38. The van der Waals surface area contributed by atoms with E-state index in [1.54, 1.807) is 0 Å². The molecule has 1 aromatic carbocycles. The average molecular weight is 499 g/mol. The minimum atomic E-state index is -4.72. The van der Waals surface area contributed by atoms with Gasteiger partial charge in [0.2, 0.25) is 0 Å². The molecule has 0 bridgehead atoms. The summed E-state index contributed by atoms with van der Waals surface area (Å²) in [7, 11) is 0. The van der Waals surface area contributed by atoms with Gasteiger partial charge in [0.05, 0.1) is 29.9 Å². The van der Waals surface area contributed by atoms with Crippen LogP contribution >= 0.6 is 0 Å². The van der Waals surface area contributed by atoms with Crippen LogP contribution in [0.15, 0.2) is 30.6 Å². The Balaban J connectivity index is 1.40. The van der Waals surface area contributed by atoms with E-state index in [9.17, 15) is 26.7 Å². The van der Waals surface area contributed by atoms with E-state index in [0.29, 0.717) is 44.5 Å². The van der Waals surface area contributed by atoms with E-state index in [1.165, 1.54) is 6.20 Å². The molecule has 188 valence electrons. The number of rotatable bonds is 7. The Hall–Kier alpha value is -3.45. The minimum Gasteiger partial charge on any atom is -0.453 e. The molecule has 0 spiro atoms. The zero-order chi connectivity index (χ0) is 25.0. The lowest BCUT2D eigenvalue weighted by molar-refractivity contribution is -0.136. The molecule has 0 atom stereocenters. The van der Waals surface area contributed by atoms with E-state index in [-0.39, 0.29) is 11.4 Å². The van der Waals surface area contributed by atoms with Crippen molar-refractivity contribution in [3.8, 4) is 11.5 Å². The summed E-state index contributed by atoms with van der Waals surface area (Å²) in [5.74, 6) is -3.12. The largest absolute Gasteiger partial charge is 0.453 e. The molecule has 1 saturated heterocycles. The fraction of sp³-hybridized carbons (Fsp3) is 0.364. The number of hydrogen-bond donors (Lipinski definition) is 3. The molecule has 0 saturated carbocycles. The first-order valence-electron chi connectivity index (χ1n) is 10.8. The Morgan fingerprint density at radius 2 is 1.94 bits per heavy atom. The molecule has 0 radical (unpaired) electrons. The van der Waals surface area contributed by atoms with E-state index in [4.69, 9.17) is 9.47 Å². The number of alkyl halides is 3. The summed E-state index contributed by atoms with van der Waals surface area (Å²) in [6, 6.07) is 1.73. The molecule has 3 N–H and O–H groups in total. The predicted octanol–water partition coefficient (Wildman–Crippen LogP) is 4.50. The Labute approximate surface area is 196 Å². The summed E-state index contributed by atoms with van der Waals surface area (Å²) in [5, 5.41) is 4.36. The van der Waals surface area contributed by atoms with E-state index in [1.807, 2.05) is 0 Å². The maximum absolute atomic E-state index is 14.6. The summed E-state index contributed by atoms with van der Waals surface area (Å²) in [4.78, 5) is 20.4. The molecule has 2 aromatic heterocycles. The van der Waals surface area contributed by atoms with E-state index in [2.05, 4.69) is 25.5 Å². The van der Waals surface area contributed by atoms with Crippen LogP contribution in [0.4, 0.5) is 32.4 Å². The Kier molecular flexibility index (Phi) is 7.36. The third kappa shape index (κ3) is 5.98. The van der Waals surface area contributed by atoms with Gasteiger partial charge in [-0.05, 0) is 19.0 Å². The number of amides is 2. The fourth-order valence-electron chi connectivity index (χ4n) is 3.65. The average Bonchev–Trinajstić information content (AvgIpc) is 3.27. The molecular formula is C22H22F5N5O3. The molecule has 8 nitrogen and oxygen atoms in total. The molecular weight excluding hydrogens is 477 g/mol. The number of aromatic nitrogens is 2. The van der Waals surface area contributed by atoms with Crippen LogP contribution in [0.1, 0.15) is 12.0 Å². The molecule has 13 heteroatoms. The molecule has 3 aromatic rings. The van der Waals surface area contributed by atoms with E-state index >= 15 is 0 Å². The highest BCUT2D eigenvalue weighted by atomic mass is 19.4. The fourth-order valence-corrected chi connectivity index (χ4v) is 3.65. The number of morpholine rings is 1. The normalized spacial score (nSPS) is 14.8. The van der Waals surface area contributed by atoms with Crippen molar-refractivity contribution in [1.82, 2.24) is 20.2 Å². The highest BCUT2D eigenvalue weighted by Crippen LogP contribution is 2.40. The zero-order valence-corrected chi connectivity index (χ0v) is 18.3. The number of carbonyl (C=O) groups excluding carboxylic acids is 1. The highest BCUT2D eigenvalue weighted by molar-refractivity contribution is 5.89. The first-order chi connectivity index (χ1) is 16.7. The predicted molar refractivity (Wildman–Crippen MR) is 116 cm³/mol. The molecule has 4 rings (SSSR count). The number of nitrogens with one attached hydrogen (secondary N) is 3. The third-order valence-corrected chi connectivity index (χ3v) is 5.37. The second kappa shape index (κ2) is 10.4. The van der Waals surface area contributed by atoms with Gasteiger partial charge < -0.3 is 25.1 Å². The first kappa shape index (κ1) is 24.7. The second-order valence-corrected chi connectivity index (χ2v) is 7.79. The van der Waals surface area contributed by atoms with E-state index in [0.717, 1.165) is 25.7 Å². The number of aromatic amines is 1. The number of ether oxygens (including phenoxy) is 2. The van der Waals surface area contributed by atoms with Crippen molar-refractivity contribution in [2.24, 2.45) is 0 Å². The van der Waals surface area contributed by atoms with Gasteiger partial charge in [-0.2, -0.15) is 13.2 Å². The van der Waals surface area contributed by atoms with E-state index < -0.39 is 46.2 Å². The number of anilines is 1. The second-order valence-electron chi connectivity index (χ2n) is 7.79. The third-order valence-electron chi connectivity index (χ3n) is 5.37. The van der Waals surface area contributed by atoms with Crippen LogP contribution < -0.4 is 15.4 Å². The summed E-state index contributed by atoms with van der Waals surface area (Å²) < 4.78 is 79.6. The monoisotopic (exact) mass is 499 g/mol. The highest BCUT2D eigenvalue weighted by Gasteiger charge is 2.35. The van der Waals surface area contributed by atoms with Gasteiger partial charge in [-0.3, -0.25) is 4.90 Å². The summed E-state index contributed by atoms with van der Waals surface area (Å²) >= 11 is 0. The zero-order valence-electron chi connectivity index (χ0n) is 18.3. The Bertz CT molecular complexity index is 1190. The molecule has 0 aliphatic carbocycles. The van der Waals surface area contributed by atoms with Crippen molar-refractivity contribution >= 4 is 22.8 Å².